The standard InChI is InChI=1S/C22H21ClFNO4S/c1-15(21-14-19(28-2)10-13-22(21)29-3)25(18-8-6-17(24)7-9-18)30(26,27)20-11-4-16(23)5-12-20/h4-15H,1-3H3/t15-/m1/s1. The normalized spacial score (nSPS) is 12.3. The van der Waals surface area contributed by atoms with Crippen molar-refractivity contribution in [2.75, 3.05) is 18.5 Å². The Morgan fingerprint density at radius 2 is 1.57 bits per heavy atom. The minimum Gasteiger partial charge on any atom is -0.497 e. The van der Waals surface area contributed by atoms with Crippen LogP contribution < -0.4 is 13.8 Å². The van der Waals surface area contributed by atoms with Crippen LogP contribution in [0.4, 0.5) is 10.1 Å². The van der Waals surface area contributed by atoms with Crippen LogP contribution in [0.2, 0.25) is 5.02 Å². The summed E-state index contributed by atoms with van der Waals surface area (Å²) in [5.41, 5.74) is 0.905. The molecule has 158 valence electrons. The van der Waals surface area contributed by atoms with Gasteiger partial charge in [0, 0.05) is 10.6 Å². The molecule has 0 saturated heterocycles. The number of anilines is 1. The number of rotatable bonds is 7. The SMILES string of the molecule is COc1ccc(OC)c([C@@H](C)N(c2ccc(F)cc2)S(=O)(=O)c2ccc(Cl)cc2)c1. The largest absolute Gasteiger partial charge is 0.497 e. The summed E-state index contributed by atoms with van der Waals surface area (Å²) in [7, 11) is -0.986. The van der Waals surface area contributed by atoms with Gasteiger partial charge >= 0.3 is 0 Å². The number of benzene rings is 3. The zero-order chi connectivity index (χ0) is 21.9. The van der Waals surface area contributed by atoms with E-state index < -0.39 is 21.9 Å². The third kappa shape index (κ3) is 4.37. The fraction of sp³-hybridized carbons (Fsp3) is 0.182. The van der Waals surface area contributed by atoms with Crippen molar-refractivity contribution in [3.05, 3.63) is 83.1 Å². The number of hydrogen-bond acceptors (Lipinski definition) is 4. The first kappa shape index (κ1) is 21.9. The van der Waals surface area contributed by atoms with Crippen LogP contribution in [0.3, 0.4) is 0 Å². The smallest absolute Gasteiger partial charge is 0.264 e. The fourth-order valence-electron chi connectivity index (χ4n) is 3.17. The Kier molecular flexibility index (Phi) is 6.53. The Hall–Kier alpha value is -2.77. The summed E-state index contributed by atoms with van der Waals surface area (Å²) in [6, 6.07) is 15.6. The molecule has 30 heavy (non-hydrogen) atoms. The second kappa shape index (κ2) is 8.93. The second-order valence-corrected chi connectivity index (χ2v) is 8.77. The van der Waals surface area contributed by atoms with Crippen molar-refractivity contribution in [1.82, 2.24) is 0 Å². The van der Waals surface area contributed by atoms with E-state index in [-0.39, 0.29) is 4.90 Å². The molecule has 0 heterocycles. The highest BCUT2D eigenvalue weighted by Crippen LogP contribution is 2.38. The molecule has 0 N–H and O–H groups in total. The van der Waals surface area contributed by atoms with Crippen molar-refractivity contribution < 1.29 is 22.3 Å². The fourth-order valence-corrected chi connectivity index (χ4v) is 4.93. The van der Waals surface area contributed by atoms with E-state index >= 15 is 0 Å². The van der Waals surface area contributed by atoms with Gasteiger partial charge in [-0.15, -0.1) is 0 Å². The number of sulfonamides is 1. The molecule has 8 heteroatoms. The molecular formula is C22H21ClFNO4S. The van der Waals surface area contributed by atoms with Crippen LogP contribution in [0.5, 0.6) is 11.5 Å². The lowest BCUT2D eigenvalue weighted by Crippen LogP contribution is -2.34. The summed E-state index contributed by atoms with van der Waals surface area (Å²) in [6.45, 7) is 1.73. The lowest BCUT2D eigenvalue weighted by atomic mass is 10.1. The van der Waals surface area contributed by atoms with E-state index in [1.807, 2.05) is 0 Å². The van der Waals surface area contributed by atoms with Crippen LogP contribution in [-0.4, -0.2) is 22.6 Å². The van der Waals surface area contributed by atoms with Crippen LogP contribution >= 0.6 is 11.6 Å². The van der Waals surface area contributed by atoms with Crippen LogP contribution in [0, 0.1) is 5.82 Å². The lowest BCUT2D eigenvalue weighted by molar-refractivity contribution is 0.396. The summed E-state index contributed by atoms with van der Waals surface area (Å²) in [4.78, 5) is 0.0601. The first-order valence-corrected chi connectivity index (χ1v) is 10.9. The number of hydrogen-bond donors (Lipinski definition) is 0. The third-order valence-electron chi connectivity index (χ3n) is 4.69. The lowest BCUT2D eigenvalue weighted by Gasteiger charge is -2.31. The van der Waals surface area contributed by atoms with E-state index in [9.17, 15) is 12.8 Å². The quantitative estimate of drug-likeness (QED) is 0.481. The summed E-state index contributed by atoms with van der Waals surface area (Å²) >= 11 is 5.93. The molecule has 0 fully saturated rings. The van der Waals surface area contributed by atoms with E-state index in [0.29, 0.717) is 27.8 Å². The number of methoxy groups -OCH3 is 2. The Bertz CT molecular complexity index is 1120. The molecule has 0 aliphatic rings. The first-order valence-electron chi connectivity index (χ1n) is 9.05. The molecule has 0 aromatic heterocycles. The van der Waals surface area contributed by atoms with Gasteiger partial charge in [0.25, 0.3) is 10.0 Å². The van der Waals surface area contributed by atoms with Crippen molar-refractivity contribution in [2.45, 2.75) is 17.9 Å². The first-order chi connectivity index (χ1) is 14.3. The summed E-state index contributed by atoms with van der Waals surface area (Å²) < 4.78 is 52.7. The molecule has 0 unspecified atom stereocenters. The number of nitrogens with zero attached hydrogens (tertiary/aromatic N) is 1. The molecular weight excluding hydrogens is 429 g/mol. The molecule has 0 amide bonds. The van der Waals surface area contributed by atoms with Crippen molar-refractivity contribution in [3.63, 3.8) is 0 Å². The van der Waals surface area contributed by atoms with Crippen LogP contribution in [0.1, 0.15) is 18.5 Å². The zero-order valence-electron chi connectivity index (χ0n) is 16.7. The summed E-state index contributed by atoms with van der Waals surface area (Å²) in [5.74, 6) is 0.594. The van der Waals surface area contributed by atoms with Gasteiger partial charge in [0.1, 0.15) is 17.3 Å². The number of halogens is 2. The van der Waals surface area contributed by atoms with Gasteiger partial charge in [-0.3, -0.25) is 4.31 Å². The highest BCUT2D eigenvalue weighted by molar-refractivity contribution is 7.92. The molecule has 3 rings (SSSR count). The van der Waals surface area contributed by atoms with Gasteiger partial charge in [0.15, 0.2) is 0 Å². The maximum absolute atomic E-state index is 13.6. The van der Waals surface area contributed by atoms with Gasteiger partial charge in [-0.1, -0.05) is 11.6 Å². The molecule has 5 nitrogen and oxygen atoms in total. The van der Waals surface area contributed by atoms with Gasteiger partial charge in [-0.25, -0.2) is 12.8 Å². The molecule has 0 radical (unpaired) electrons. The van der Waals surface area contributed by atoms with Crippen molar-refractivity contribution in [1.29, 1.82) is 0 Å². The van der Waals surface area contributed by atoms with Crippen molar-refractivity contribution in [2.24, 2.45) is 0 Å². The van der Waals surface area contributed by atoms with Gasteiger partial charge in [-0.05, 0) is 73.7 Å². The Morgan fingerprint density at radius 1 is 0.933 bits per heavy atom. The minimum absolute atomic E-state index is 0.0601. The van der Waals surface area contributed by atoms with Gasteiger partial charge in [0.2, 0.25) is 0 Å². The highest BCUT2D eigenvalue weighted by atomic mass is 35.5. The Labute approximate surface area is 180 Å². The average Bonchev–Trinajstić information content (AvgIpc) is 2.74. The van der Waals surface area contributed by atoms with E-state index in [4.69, 9.17) is 21.1 Å². The van der Waals surface area contributed by atoms with E-state index in [1.165, 1.54) is 67.1 Å². The van der Waals surface area contributed by atoms with E-state index in [2.05, 4.69) is 0 Å². The van der Waals surface area contributed by atoms with Gasteiger partial charge in [0.05, 0.1) is 30.8 Å². The summed E-state index contributed by atoms with van der Waals surface area (Å²) in [6.07, 6.45) is 0. The molecule has 3 aromatic rings. The number of ether oxygens (including phenoxy) is 2. The predicted molar refractivity (Wildman–Crippen MR) is 115 cm³/mol. The molecule has 0 aliphatic carbocycles. The predicted octanol–water partition coefficient (Wildman–Crippen LogP) is 5.45. The Balaban J connectivity index is 2.20. The maximum Gasteiger partial charge on any atom is 0.264 e. The Morgan fingerprint density at radius 3 is 2.13 bits per heavy atom. The van der Waals surface area contributed by atoms with E-state index in [0.717, 1.165) is 0 Å². The van der Waals surface area contributed by atoms with Gasteiger partial charge in [-0.2, -0.15) is 0 Å². The second-order valence-electron chi connectivity index (χ2n) is 6.52. The van der Waals surface area contributed by atoms with Gasteiger partial charge < -0.3 is 9.47 Å². The van der Waals surface area contributed by atoms with Crippen molar-refractivity contribution >= 4 is 27.3 Å². The molecule has 1 atom stereocenters. The average molecular weight is 450 g/mol. The zero-order valence-corrected chi connectivity index (χ0v) is 18.2. The minimum atomic E-state index is -4.02. The highest BCUT2D eigenvalue weighted by Gasteiger charge is 2.32. The topological polar surface area (TPSA) is 55.8 Å². The monoisotopic (exact) mass is 449 g/mol. The summed E-state index contributed by atoms with van der Waals surface area (Å²) in [5, 5.41) is 0.421. The molecule has 0 aliphatic heterocycles. The molecule has 0 saturated carbocycles. The molecule has 0 bridgehead atoms. The van der Waals surface area contributed by atoms with Crippen LogP contribution in [-0.2, 0) is 10.0 Å². The van der Waals surface area contributed by atoms with Crippen molar-refractivity contribution in [3.8, 4) is 11.5 Å². The third-order valence-corrected chi connectivity index (χ3v) is 6.86. The van der Waals surface area contributed by atoms with E-state index in [1.54, 1.807) is 25.1 Å². The maximum atomic E-state index is 13.6. The van der Waals surface area contributed by atoms with Crippen LogP contribution in [0.25, 0.3) is 0 Å². The molecule has 3 aromatic carbocycles. The van der Waals surface area contributed by atoms with Crippen LogP contribution in [0.15, 0.2) is 71.6 Å². The molecule has 0 spiro atoms.